The molecule has 8 heteroatoms. The van der Waals surface area contributed by atoms with E-state index in [4.69, 9.17) is 9.47 Å². The first kappa shape index (κ1) is 29.6. The van der Waals surface area contributed by atoms with E-state index in [9.17, 15) is 9.90 Å². The molecule has 41 heavy (non-hydrogen) atoms. The first-order valence-electron chi connectivity index (χ1n) is 15.1. The third-order valence-corrected chi connectivity index (χ3v) is 9.84. The number of hydrogen-bond acceptors (Lipinski definition) is 5. The first-order chi connectivity index (χ1) is 19.6. The molecule has 0 aromatic heterocycles. The minimum absolute atomic E-state index is 0.00201. The minimum Gasteiger partial charge on any atom is -0.497 e. The molecule has 2 amide bonds. The molecule has 7 nitrogen and oxygen atoms in total. The van der Waals surface area contributed by atoms with E-state index in [0.717, 1.165) is 31.4 Å². The van der Waals surface area contributed by atoms with Crippen LogP contribution in [0.4, 0.5) is 9.18 Å². The monoisotopic (exact) mass is 567 g/mol. The van der Waals surface area contributed by atoms with Crippen molar-refractivity contribution in [3.63, 3.8) is 0 Å². The SMILES string of the molecule is CCC1=CC2CN3C(=O)N(CCO)C4(CCN(Cc5cc(OC)cc(OC)c5F)CC4)C3=CC(C)(C)C2C(CC)=C1. The maximum absolute atomic E-state index is 15.2. The molecule has 1 aromatic rings. The number of amides is 2. The number of urea groups is 1. The number of fused-ring (bicyclic) bond motifs is 3. The van der Waals surface area contributed by atoms with Crippen LogP contribution < -0.4 is 9.47 Å². The normalized spacial score (nSPS) is 25.3. The molecule has 5 rings (SSSR count). The Kier molecular flexibility index (Phi) is 8.27. The maximum atomic E-state index is 15.2. The summed E-state index contributed by atoms with van der Waals surface area (Å²) in [6.07, 6.45) is 10.6. The quantitative estimate of drug-likeness (QED) is 0.434. The largest absolute Gasteiger partial charge is 0.497 e. The number of halogens is 1. The number of nitrogens with zero attached hydrogens (tertiary/aromatic N) is 3. The second kappa shape index (κ2) is 11.4. The van der Waals surface area contributed by atoms with Crippen molar-refractivity contribution >= 4 is 6.03 Å². The van der Waals surface area contributed by atoms with E-state index in [1.807, 2.05) is 9.80 Å². The minimum atomic E-state index is -0.487. The predicted octanol–water partition coefficient (Wildman–Crippen LogP) is 5.75. The average Bonchev–Trinajstić information content (AvgIpc) is 3.07. The van der Waals surface area contributed by atoms with E-state index in [2.05, 4.69) is 50.8 Å². The van der Waals surface area contributed by atoms with Crippen molar-refractivity contribution in [3.05, 3.63) is 58.6 Å². The number of allylic oxidation sites excluding steroid dienone is 4. The van der Waals surface area contributed by atoms with Crippen LogP contribution in [-0.2, 0) is 6.54 Å². The Hall–Kier alpha value is -2.84. The van der Waals surface area contributed by atoms with Crippen LogP contribution >= 0.6 is 0 Å². The van der Waals surface area contributed by atoms with Crippen LogP contribution in [0.5, 0.6) is 11.5 Å². The lowest BCUT2D eigenvalue weighted by Crippen LogP contribution is -2.54. The van der Waals surface area contributed by atoms with Gasteiger partial charge in [-0.15, -0.1) is 0 Å². The van der Waals surface area contributed by atoms with Gasteiger partial charge in [0.05, 0.1) is 26.4 Å². The highest BCUT2D eigenvalue weighted by molar-refractivity contribution is 5.83. The summed E-state index contributed by atoms with van der Waals surface area (Å²) in [4.78, 5) is 20.3. The smallest absolute Gasteiger partial charge is 0.325 e. The number of aliphatic hydroxyl groups excluding tert-OH is 1. The Morgan fingerprint density at radius 2 is 1.83 bits per heavy atom. The van der Waals surface area contributed by atoms with Crippen LogP contribution in [0.15, 0.2) is 47.2 Å². The topological polar surface area (TPSA) is 65.5 Å². The van der Waals surface area contributed by atoms with Crippen molar-refractivity contribution < 1.29 is 23.8 Å². The molecule has 2 saturated heterocycles. The molecule has 4 aliphatic rings. The molecule has 0 radical (unpaired) electrons. The molecule has 2 fully saturated rings. The fourth-order valence-electron chi connectivity index (χ4n) is 7.88. The third-order valence-electron chi connectivity index (χ3n) is 9.84. The zero-order valence-corrected chi connectivity index (χ0v) is 25.5. The van der Waals surface area contributed by atoms with Gasteiger partial charge in [-0.25, -0.2) is 9.18 Å². The highest BCUT2D eigenvalue weighted by Gasteiger charge is 2.57. The highest BCUT2D eigenvalue weighted by atomic mass is 19.1. The van der Waals surface area contributed by atoms with Gasteiger partial charge in [0.1, 0.15) is 5.75 Å². The van der Waals surface area contributed by atoms with Crippen LogP contribution in [0.1, 0.15) is 58.9 Å². The molecule has 3 aliphatic heterocycles. The van der Waals surface area contributed by atoms with E-state index in [-0.39, 0.29) is 35.5 Å². The third kappa shape index (κ3) is 5.07. The number of hydrogen-bond donors (Lipinski definition) is 1. The van der Waals surface area contributed by atoms with Gasteiger partial charge in [-0.2, -0.15) is 0 Å². The van der Waals surface area contributed by atoms with Crippen LogP contribution in [0.2, 0.25) is 0 Å². The lowest BCUT2D eigenvalue weighted by Gasteiger charge is -2.45. The number of rotatable bonds is 8. The fraction of sp³-hybridized carbons (Fsp3) is 0.606. The number of carbonyl (C=O) groups excluding carboxylic acids is 1. The Morgan fingerprint density at radius 1 is 1.10 bits per heavy atom. The van der Waals surface area contributed by atoms with Crippen molar-refractivity contribution in [2.24, 2.45) is 17.3 Å². The summed E-state index contributed by atoms with van der Waals surface area (Å²) in [6, 6.07) is 3.29. The maximum Gasteiger partial charge on any atom is 0.325 e. The summed E-state index contributed by atoms with van der Waals surface area (Å²) < 4.78 is 25.8. The van der Waals surface area contributed by atoms with Crippen LogP contribution in [0, 0.1) is 23.1 Å². The molecule has 0 saturated carbocycles. The summed E-state index contributed by atoms with van der Waals surface area (Å²) in [5, 5.41) is 10.0. The summed E-state index contributed by atoms with van der Waals surface area (Å²) in [6.45, 7) is 11.8. The summed E-state index contributed by atoms with van der Waals surface area (Å²) in [5.41, 5.74) is 3.81. The van der Waals surface area contributed by atoms with Crippen LogP contribution in [0.3, 0.4) is 0 Å². The molecular formula is C33H46FN3O4. The van der Waals surface area contributed by atoms with Crippen molar-refractivity contribution in [1.29, 1.82) is 0 Å². The number of aliphatic hydroxyl groups is 1. The Balaban J connectivity index is 1.47. The Bertz CT molecular complexity index is 1260. The Morgan fingerprint density at radius 3 is 2.44 bits per heavy atom. The van der Waals surface area contributed by atoms with Gasteiger partial charge in [0.2, 0.25) is 0 Å². The number of methoxy groups -OCH3 is 2. The van der Waals surface area contributed by atoms with Gasteiger partial charge in [0, 0.05) is 56.0 Å². The zero-order valence-electron chi connectivity index (χ0n) is 25.5. The predicted molar refractivity (Wildman–Crippen MR) is 158 cm³/mol. The van der Waals surface area contributed by atoms with Gasteiger partial charge in [-0.05, 0) is 43.1 Å². The molecule has 1 N–H and O–H groups in total. The number of β-amino-alcohol motifs (C(OH)–C–C–N with tert-alkyl or cyclic N) is 1. The van der Waals surface area contributed by atoms with Crippen LogP contribution in [0.25, 0.3) is 0 Å². The fourth-order valence-corrected chi connectivity index (χ4v) is 7.88. The first-order valence-corrected chi connectivity index (χ1v) is 15.1. The second-order valence-electron chi connectivity index (χ2n) is 12.5. The Labute approximate surface area is 244 Å². The van der Waals surface area contributed by atoms with E-state index >= 15 is 4.39 Å². The molecule has 0 bridgehead atoms. The highest BCUT2D eigenvalue weighted by Crippen LogP contribution is 2.53. The molecule has 224 valence electrons. The zero-order chi connectivity index (χ0) is 29.5. The van der Waals surface area contributed by atoms with Crippen molar-refractivity contribution in [2.75, 3.05) is 47.0 Å². The van der Waals surface area contributed by atoms with E-state index < -0.39 is 5.54 Å². The average molecular weight is 568 g/mol. The molecule has 1 spiro atoms. The van der Waals surface area contributed by atoms with E-state index in [0.29, 0.717) is 50.0 Å². The molecule has 3 heterocycles. The summed E-state index contributed by atoms with van der Waals surface area (Å²) in [5.74, 6) is 0.948. The molecular weight excluding hydrogens is 521 g/mol. The van der Waals surface area contributed by atoms with Gasteiger partial charge in [-0.3, -0.25) is 9.80 Å². The number of ether oxygens (including phenoxy) is 2. The van der Waals surface area contributed by atoms with Gasteiger partial charge >= 0.3 is 6.03 Å². The lowest BCUT2D eigenvalue weighted by molar-refractivity contribution is 0.0732. The van der Waals surface area contributed by atoms with Gasteiger partial charge in [0.15, 0.2) is 11.6 Å². The standard InChI is InChI=1S/C33H46FN3O4/c1-7-22-15-23(8-2)29-24(16-22)21-36-28(19-32(29,3)4)33(37(13-14-38)31(36)39)9-11-35(12-10-33)20-25-17-26(40-5)18-27(41-6)30(25)34/h15-19,24,29,38H,7-14,20-21H2,1-6H3. The number of carbonyl (C=O) groups is 1. The molecule has 2 atom stereocenters. The van der Waals surface area contributed by atoms with Crippen LogP contribution in [-0.4, -0.2) is 78.4 Å². The van der Waals surface area contributed by atoms with E-state index in [1.54, 1.807) is 19.2 Å². The van der Waals surface area contributed by atoms with Gasteiger partial charge in [-0.1, -0.05) is 57.1 Å². The van der Waals surface area contributed by atoms with Crippen molar-refractivity contribution in [2.45, 2.75) is 65.5 Å². The molecule has 2 unspecified atom stereocenters. The van der Waals surface area contributed by atoms with Gasteiger partial charge < -0.3 is 19.5 Å². The van der Waals surface area contributed by atoms with Gasteiger partial charge in [0.25, 0.3) is 0 Å². The molecule has 1 aromatic carbocycles. The van der Waals surface area contributed by atoms with Crippen molar-refractivity contribution in [3.8, 4) is 11.5 Å². The number of piperidine rings is 1. The molecule has 1 aliphatic carbocycles. The second-order valence-corrected chi connectivity index (χ2v) is 12.5. The van der Waals surface area contributed by atoms with Crippen molar-refractivity contribution in [1.82, 2.24) is 14.7 Å². The number of benzene rings is 1. The van der Waals surface area contributed by atoms with E-state index in [1.165, 1.54) is 18.3 Å². The number of likely N-dealkylation sites (tertiary alicyclic amines) is 1. The summed E-state index contributed by atoms with van der Waals surface area (Å²) >= 11 is 0. The lowest BCUT2D eigenvalue weighted by atomic mass is 9.64. The summed E-state index contributed by atoms with van der Waals surface area (Å²) in [7, 11) is 3.02.